The molecule has 0 unspecified atom stereocenters. The van der Waals surface area contributed by atoms with Crippen molar-refractivity contribution in [1.29, 1.82) is 0 Å². The first-order chi connectivity index (χ1) is 21.6. The van der Waals surface area contributed by atoms with Crippen LogP contribution in [0.2, 0.25) is 0 Å². The molecule has 1 aromatic carbocycles. The van der Waals surface area contributed by atoms with E-state index in [2.05, 4.69) is 26.1 Å². The van der Waals surface area contributed by atoms with Crippen LogP contribution >= 0.6 is 0 Å². The molecule has 7 nitrogen and oxygen atoms in total. The number of benzene rings is 1. The Kier molecular flexibility index (Phi) is 19.5. The number of ether oxygens (including phenoxy) is 1. The van der Waals surface area contributed by atoms with Crippen molar-refractivity contribution in [2.45, 2.75) is 168 Å². The summed E-state index contributed by atoms with van der Waals surface area (Å²) in [6.45, 7) is 7.37. The molecule has 1 atom stereocenters. The lowest BCUT2D eigenvalue weighted by molar-refractivity contribution is -0.145. The van der Waals surface area contributed by atoms with E-state index < -0.39 is 0 Å². The van der Waals surface area contributed by atoms with E-state index in [0.29, 0.717) is 38.8 Å². The molecule has 1 aliphatic heterocycles. The number of nitrogens with zero attached hydrogens (tertiary/aromatic N) is 1. The van der Waals surface area contributed by atoms with Crippen LogP contribution in [0.4, 0.5) is 0 Å². The predicted molar refractivity (Wildman–Crippen MR) is 181 cm³/mol. The number of rotatable bonds is 25. The molecule has 0 radical (unpaired) electrons. The summed E-state index contributed by atoms with van der Waals surface area (Å²) in [4.78, 5) is 49.6. The Hall–Kier alpha value is -2.70. The van der Waals surface area contributed by atoms with Gasteiger partial charge in [0.25, 0.3) is 0 Å². The Labute approximate surface area is 273 Å². The van der Waals surface area contributed by atoms with E-state index in [1.54, 1.807) is 0 Å². The Morgan fingerprint density at radius 3 is 1.73 bits per heavy atom. The number of unbranched alkanes of at least 4 members (excludes halogenated alkanes) is 13. The molecule has 0 saturated carbocycles. The van der Waals surface area contributed by atoms with Gasteiger partial charge >= 0.3 is 5.97 Å². The molecular weight excluding hydrogens is 564 g/mol. The fraction of sp³-hybridized carbons (Fsp3) is 0.737. The summed E-state index contributed by atoms with van der Waals surface area (Å²) < 4.78 is 5.34. The fourth-order valence-corrected chi connectivity index (χ4v) is 6.12. The van der Waals surface area contributed by atoms with E-state index in [4.69, 9.17) is 4.74 Å². The van der Waals surface area contributed by atoms with Crippen molar-refractivity contribution >= 4 is 23.7 Å². The van der Waals surface area contributed by atoms with Gasteiger partial charge in [-0.25, -0.2) is 0 Å². The van der Waals surface area contributed by atoms with Gasteiger partial charge < -0.3 is 10.1 Å². The number of carbonyl (C=O) groups excluding carboxylic acids is 4. The molecule has 0 aliphatic carbocycles. The molecule has 1 aliphatic rings. The normalized spacial score (nSPS) is 14.2. The second kappa shape index (κ2) is 22.7. The highest BCUT2D eigenvalue weighted by molar-refractivity contribution is 6.01. The summed E-state index contributed by atoms with van der Waals surface area (Å²) in [6.07, 6.45) is 20.9. The molecule has 1 N–H and O–H groups in total. The first-order valence-electron chi connectivity index (χ1n) is 18.0. The second-order valence-corrected chi connectivity index (χ2v) is 14.2. The lowest BCUT2D eigenvalue weighted by Crippen LogP contribution is -2.38. The van der Waals surface area contributed by atoms with Gasteiger partial charge in [-0.1, -0.05) is 128 Å². The van der Waals surface area contributed by atoms with Crippen molar-refractivity contribution in [2.75, 3.05) is 6.54 Å². The maximum Gasteiger partial charge on any atom is 0.306 e. The van der Waals surface area contributed by atoms with Gasteiger partial charge in [-0.3, -0.25) is 24.1 Å². The molecule has 1 heterocycles. The number of carbonyl (C=O) groups is 4. The number of imide groups is 1. The topological polar surface area (TPSA) is 92.8 Å². The van der Waals surface area contributed by atoms with Crippen LogP contribution in [0.25, 0.3) is 0 Å². The first kappa shape index (κ1) is 38.5. The molecule has 0 aromatic heterocycles. The Bertz CT molecular complexity index is 972. The van der Waals surface area contributed by atoms with E-state index in [-0.39, 0.29) is 35.1 Å². The van der Waals surface area contributed by atoms with Crippen molar-refractivity contribution in [2.24, 2.45) is 5.41 Å². The third-order valence-electron chi connectivity index (χ3n) is 8.59. The van der Waals surface area contributed by atoms with Crippen molar-refractivity contribution in [3.63, 3.8) is 0 Å². The van der Waals surface area contributed by atoms with Gasteiger partial charge in [0.15, 0.2) is 0 Å². The Balaban J connectivity index is 1.37. The maximum absolute atomic E-state index is 12.6. The van der Waals surface area contributed by atoms with Crippen LogP contribution < -0.4 is 5.32 Å². The minimum atomic E-state index is -0.0922. The van der Waals surface area contributed by atoms with Crippen LogP contribution in [0, 0.1) is 5.41 Å². The van der Waals surface area contributed by atoms with Gasteiger partial charge in [-0.2, -0.15) is 0 Å². The monoisotopic (exact) mass is 626 g/mol. The smallest absolute Gasteiger partial charge is 0.306 e. The third kappa shape index (κ3) is 19.4. The predicted octanol–water partition coefficient (Wildman–Crippen LogP) is 8.82. The van der Waals surface area contributed by atoms with Gasteiger partial charge in [0, 0.05) is 38.3 Å². The van der Waals surface area contributed by atoms with Crippen LogP contribution in [-0.2, 0) is 30.5 Å². The first-order valence-corrected chi connectivity index (χ1v) is 18.0. The molecule has 254 valence electrons. The van der Waals surface area contributed by atoms with Gasteiger partial charge in [0.2, 0.25) is 17.7 Å². The zero-order valence-corrected chi connectivity index (χ0v) is 28.7. The highest BCUT2D eigenvalue weighted by Gasteiger charge is 2.28. The highest BCUT2D eigenvalue weighted by Crippen LogP contribution is 2.24. The molecule has 7 heteroatoms. The van der Waals surface area contributed by atoms with Crippen LogP contribution in [0.5, 0.6) is 0 Å². The average molecular weight is 627 g/mol. The largest absolute Gasteiger partial charge is 0.461 e. The average Bonchev–Trinajstić information content (AvgIpc) is 3.31. The number of nitrogens with one attached hydrogen (secondary N) is 1. The third-order valence-corrected chi connectivity index (χ3v) is 8.59. The molecule has 1 fully saturated rings. The van der Waals surface area contributed by atoms with Crippen LogP contribution in [0.1, 0.15) is 161 Å². The molecule has 1 saturated heterocycles. The summed E-state index contributed by atoms with van der Waals surface area (Å²) in [5.74, 6) is -0.0943. The lowest BCUT2D eigenvalue weighted by Gasteiger charge is -2.27. The summed E-state index contributed by atoms with van der Waals surface area (Å²) >= 11 is 0. The summed E-state index contributed by atoms with van der Waals surface area (Å²) in [5, 5.41) is 3.24. The van der Waals surface area contributed by atoms with Crippen LogP contribution in [0.15, 0.2) is 30.3 Å². The molecule has 0 bridgehead atoms. The van der Waals surface area contributed by atoms with Gasteiger partial charge in [-0.05, 0) is 43.1 Å². The molecule has 1 aromatic rings. The van der Waals surface area contributed by atoms with Crippen molar-refractivity contribution < 1.29 is 23.9 Å². The molecule has 0 spiro atoms. The summed E-state index contributed by atoms with van der Waals surface area (Å²) in [7, 11) is 0. The number of hydrogen-bond acceptors (Lipinski definition) is 5. The van der Waals surface area contributed by atoms with E-state index in [9.17, 15) is 19.2 Å². The number of likely N-dealkylation sites (tertiary alicyclic amines) is 1. The van der Waals surface area contributed by atoms with E-state index in [1.807, 2.05) is 30.3 Å². The number of amides is 3. The minimum Gasteiger partial charge on any atom is -0.461 e. The van der Waals surface area contributed by atoms with Crippen LogP contribution in [-0.4, -0.2) is 41.2 Å². The summed E-state index contributed by atoms with van der Waals surface area (Å²) in [6, 6.07) is 9.90. The molecular formula is C38H62N2O5. The summed E-state index contributed by atoms with van der Waals surface area (Å²) in [5.41, 5.74) is 1.13. The quantitative estimate of drug-likeness (QED) is 0.0665. The van der Waals surface area contributed by atoms with Gasteiger partial charge in [0.1, 0.15) is 6.61 Å². The fourth-order valence-electron chi connectivity index (χ4n) is 6.12. The van der Waals surface area contributed by atoms with Gasteiger partial charge in [-0.15, -0.1) is 0 Å². The van der Waals surface area contributed by atoms with Crippen molar-refractivity contribution in [3.05, 3.63) is 35.9 Å². The van der Waals surface area contributed by atoms with Crippen molar-refractivity contribution in [3.8, 4) is 0 Å². The minimum absolute atomic E-state index is 0.0630. The molecule has 3 amide bonds. The SMILES string of the molecule is CC(C)(C)C[C@H](CCCN1C(=O)CCC1=O)NC(=O)CCCCCCCCCCCCCCCCC(=O)OCc1ccccc1. The van der Waals surface area contributed by atoms with Crippen molar-refractivity contribution in [1.82, 2.24) is 10.2 Å². The lowest BCUT2D eigenvalue weighted by atomic mass is 9.86. The number of esters is 1. The molecule has 2 rings (SSSR count). The Morgan fingerprint density at radius 1 is 0.733 bits per heavy atom. The second-order valence-electron chi connectivity index (χ2n) is 14.2. The zero-order chi connectivity index (χ0) is 32.8. The van der Waals surface area contributed by atoms with E-state index in [0.717, 1.165) is 50.5 Å². The van der Waals surface area contributed by atoms with Gasteiger partial charge in [0.05, 0.1) is 0 Å². The van der Waals surface area contributed by atoms with E-state index >= 15 is 0 Å². The Morgan fingerprint density at radius 2 is 1.22 bits per heavy atom. The zero-order valence-electron chi connectivity index (χ0n) is 28.7. The highest BCUT2D eigenvalue weighted by atomic mass is 16.5. The maximum atomic E-state index is 12.6. The van der Waals surface area contributed by atoms with Crippen LogP contribution in [0.3, 0.4) is 0 Å². The van der Waals surface area contributed by atoms with E-state index in [1.165, 1.54) is 69.1 Å². The molecule has 45 heavy (non-hydrogen) atoms. The standard InChI is InChI=1S/C38H62N2O5/c1-38(2,3)30-33(24-21-29-40-35(42)27-28-36(40)43)39-34(41)25-19-14-12-10-8-6-4-5-7-9-11-13-15-20-26-37(44)45-31-32-22-17-16-18-23-32/h16-18,22-23,33H,4-15,19-21,24-31H2,1-3H3,(H,39,41)/t33-/m0/s1. The number of hydrogen-bond donors (Lipinski definition) is 1.